The molecule has 0 spiro atoms. The Labute approximate surface area is 176 Å². The van der Waals surface area contributed by atoms with Crippen LogP contribution in [-0.4, -0.2) is 26.4 Å². The van der Waals surface area contributed by atoms with E-state index in [0.29, 0.717) is 15.7 Å². The van der Waals surface area contributed by atoms with Crippen molar-refractivity contribution in [2.24, 2.45) is 0 Å². The fraction of sp³-hybridized carbons (Fsp3) is 0.278. The molecule has 142 valence electrons. The number of nitrogens with one attached hydrogen (secondary N) is 1. The Kier molecular flexibility index (Phi) is 6.81. The van der Waals surface area contributed by atoms with E-state index in [1.54, 1.807) is 29.5 Å². The number of aryl methyl sites for hydroxylation is 1. The van der Waals surface area contributed by atoms with Gasteiger partial charge in [0.05, 0.1) is 16.5 Å². The molecule has 2 aromatic heterocycles. The molecule has 3 rings (SSSR count). The summed E-state index contributed by atoms with van der Waals surface area (Å²) in [5.74, 6) is 0.886. The third kappa shape index (κ3) is 5.04. The number of aromatic nitrogens is 3. The molecule has 0 bridgehead atoms. The normalized spacial score (nSPS) is 11.0. The lowest BCUT2D eigenvalue weighted by Crippen LogP contribution is -2.15. The van der Waals surface area contributed by atoms with Crippen molar-refractivity contribution in [3.8, 4) is 11.4 Å². The third-order valence-electron chi connectivity index (χ3n) is 3.69. The van der Waals surface area contributed by atoms with E-state index < -0.39 is 0 Å². The van der Waals surface area contributed by atoms with Gasteiger partial charge in [-0.25, -0.2) is 0 Å². The minimum Gasteiger partial charge on any atom is -0.324 e. The molecule has 1 amide bonds. The molecule has 3 aromatic rings. The van der Waals surface area contributed by atoms with Crippen LogP contribution in [0.15, 0.2) is 34.8 Å². The largest absolute Gasteiger partial charge is 0.324 e. The van der Waals surface area contributed by atoms with Crippen molar-refractivity contribution in [2.45, 2.75) is 32.0 Å². The molecule has 0 fully saturated rings. The Morgan fingerprint density at radius 2 is 2.11 bits per heavy atom. The van der Waals surface area contributed by atoms with Crippen LogP contribution in [0, 0.1) is 6.92 Å². The minimum absolute atomic E-state index is 0.164. The summed E-state index contributed by atoms with van der Waals surface area (Å²) >= 11 is 15.0. The number of thioether (sulfide) groups is 1. The highest BCUT2D eigenvalue weighted by molar-refractivity contribution is 7.99. The van der Waals surface area contributed by atoms with Gasteiger partial charge in [0.2, 0.25) is 5.91 Å². The van der Waals surface area contributed by atoms with Gasteiger partial charge in [-0.15, -0.1) is 21.5 Å². The second-order valence-electron chi connectivity index (χ2n) is 5.86. The minimum atomic E-state index is -0.164. The lowest BCUT2D eigenvalue weighted by Gasteiger charge is -2.09. The number of halogens is 2. The van der Waals surface area contributed by atoms with E-state index in [0.717, 1.165) is 29.5 Å². The molecule has 0 aliphatic heterocycles. The number of hydrogen-bond donors (Lipinski definition) is 1. The van der Waals surface area contributed by atoms with Crippen LogP contribution in [0.25, 0.3) is 11.4 Å². The van der Waals surface area contributed by atoms with Gasteiger partial charge in [-0.2, -0.15) is 0 Å². The molecule has 27 heavy (non-hydrogen) atoms. The Bertz CT molecular complexity index is 955. The predicted molar refractivity (Wildman–Crippen MR) is 114 cm³/mol. The first-order chi connectivity index (χ1) is 13.0. The molecule has 1 N–H and O–H groups in total. The Morgan fingerprint density at radius 1 is 1.30 bits per heavy atom. The van der Waals surface area contributed by atoms with E-state index in [2.05, 4.69) is 45.4 Å². The molecule has 9 heteroatoms. The van der Waals surface area contributed by atoms with Crippen LogP contribution in [0.4, 0.5) is 5.69 Å². The van der Waals surface area contributed by atoms with Crippen LogP contribution in [0.1, 0.15) is 18.2 Å². The predicted octanol–water partition coefficient (Wildman–Crippen LogP) is 5.76. The summed E-state index contributed by atoms with van der Waals surface area (Å²) in [6.45, 7) is 4.97. The van der Waals surface area contributed by atoms with Crippen LogP contribution in [0.3, 0.4) is 0 Å². The first kappa shape index (κ1) is 20.2. The highest BCUT2D eigenvalue weighted by Crippen LogP contribution is 2.29. The molecule has 0 aliphatic rings. The summed E-state index contributed by atoms with van der Waals surface area (Å²) in [6.07, 6.45) is 0.953. The lowest BCUT2D eigenvalue weighted by atomic mass is 10.3. The zero-order valence-electron chi connectivity index (χ0n) is 14.8. The molecule has 5 nitrogen and oxygen atoms in total. The molecule has 0 saturated heterocycles. The molecule has 0 radical (unpaired) electrons. The monoisotopic (exact) mass is 440 g/mol. The van der Waals surface area contributed by atoms with Crippen molar-refractivity contribution in [1.82, 2.24) is 14.8 Å². The molecule has 0 unspecified atom stereocenters. The molecular weight excluding hydrogens is 423 g/mol. The fourth-order valence-electron chi connectivity index (χ4n) is 2.50. The zero-order chi connectivity index (χ0) is 19.4. The zero-order valence-corrected chi connectivity index (χ0v) is 18.0. The Morgan fingerprint density at radius 3 is 2.78 bits per heavy atom. The van der Waals surface area contributed by atoms with Crippen LogP contribution in [-0.2, 0) is 11.3 Å². The summed E-state index contributed by atoms with van der Waals surface area (Å²) in [5.41, 5.74) is 1.60. The molecule has 0 saturated carbocycles. The van der Waals surface area contributed by atoms with Crippen molar-refractivity contribution in [1.29, 1.82) is 0 Å². The molecule has 1 aromatic carbocycles. The number of benzene rings is 1. The van der Waals surface area contributed by atoms with Crippen LogP contribution >= 0.6 is 46.3 Å². The summed E-state index contributed by atoms with van der Waals surface area (Å²) < 4.78 is 2.06. The lowest BCUT2D eigenvalue weighted by molar-refractivity contribution is -0.113. The van der Waals surface area contributed by atoms with E-state index in [4.69, 9.17) is 23.2 Å². The molecular formula is C18H18Cl2N4OS2. The summed E-state index contributed by atoms with van der Waals surface area (Å²) in [6, 6.07) is 7.07. The van der Waals surface area contributed by atoms with Crippen LogP contribution in [0.2, 0.25) is 10.0 Å². The molecule has 0 aliphatic carbocycles. The standard InChI is InChI=1S/C18H18Cl2N4OS2/c1-3-6-24-17(12-7-11(2)26-9-12)22-23-18(24)27-10-16(25)21-15-5-4-13(19)8-14(15)20/h4-5,7-9H,3,6,10H2,1-2H3,(H,21,25). The topological polar surface area (TPSA) is 59.8 Å². The molecule has 2 heterocycles. The van der Waals surface area contributed by atoms with Gasteiger partial charge in [-0.3, -0.25) is 4.79 Å². The number of amides is 1. The first-order valence-electron chi connectivity index (χ1n) is 8.34. The van der Waals surface area contributed by atoms with Gasteiger partial charge in [0.25, 0.3) is 0 Å². The van der Waals surface area contributed by atoms with Gasteiger partial charge in [-0.05, 0) is 37.6 Å². The van der Waals surface area contributed by atoms with Crippen molar-refractivity contribution >= 4 is 57.9 Å². The van der Waals surface area contributed by atoms with Gasteiger partial charge in [-0.1, -0.05) is 41.9 Å². The number of thiophene rings is 1. The maximum atomic E-state index is 12.3. The van der Waals surface area contributed by atoms with E-state index in [9.17, 15) is 4.79 Å². The van der Waals surface area contributed by atoms with Crippen molar-refractivity contribution in [3.05, 3.63) is 44.6 Å². The highest BCUT2D eigenvalue weighted by atomic mass is 35.5. The van der Waals surface area contributed by atoms with Gasteiger partial charge in [0.1, 0.15) is 0 Å². The van der Waals surface area contributed by atoms with Crippen LogP contribution in [0.5, 0.6) is 0 Å². The molecule has 0 atom stereocenters. The van der Waals surface area contributed by atoms with Gasteiger partial charge < -0.3 is 9.88 Å². The smallest absolute Gasteiger partial charge is 0.234 e. The number of hydrogen-bond acceptors (Lipinski definition) is 5. The average Bonchev–Trinajstić information content (AvgIpc) is 3.22. The number of nitrogens with zero attached hydrogens (tertiary/aromatic N) is 3. The maximum Gasteiger partial charge on any atom is 0.234 e. The summed E-state index contributed by atoms with van der Waals surface area (Å²) in [5, 5.41) is 15.2. The summed E-state index contributed by atoms with van der Waals surface area (Å²) in [7, 11) is 0. The van der Waals surface area contributed by atoms with E-state index >= 15 is 0 Å². The van der Waals surface area contributed by atoms with Crippen molar-refractivity contribution < 1.29 is 4.79 Å². The third-order valence-corrected chi connectivity index (χ3v) is 6.07. The fourth-order valence-corrected chi connectivity index (χ4v) is 4.40. The second-order valence-corrected chi connectivity index (χ2v) is 8.77. The van der Waals surface area contributed by atoms with Gasteiger partial charge in [0.15, 0.2) is 11.0 Å². The highest BCUT2D eigenvalue weighted by Gasteiger charge is 2.16. The van der Waals surface area contributed by atoms with E-state index in [-0.39, 0.29) is 11.7 Å². The SMILES string of the molecule is CCCn1c(SCC(=O)Nc2ccc(Cl)cc2Cl)nnc1-c1csc(C)c1. The maximum absolute atomic E-state index is 12.3. The quantitative estimate of drug-likeness (QED) is 0.474. The number of carbonyl (C=O) groups is 1. The Balaban J connectivity index is 1.70. The second kappa shape index (κ2) is 9.10. The number of carbonyl (C=O) groups excluding carboxylic acids is 1. The van der Waals surface area contributed by atoms with Crippen LogP contribution < -0.4 is 5.32 Å². The average molecular weight is 441 g/mol. The van der Waals surface area contributed by atoms with Gasteiger partial charge in [0, 0.05) is 27.4 Å². The van der Waals surface area contributed by atoms with E-state index in [1.807, 2.05) is 0 Å². The number of rotatable bonds is 7. The van der Waals surface area contributed by atoms with Gasteiger partial charge >= 0.3 is 0 Å². The number of anilines is 1. The van der Waals surface area contributed by atoms with E-state index in [1.165, 1.54) is 16.6 Å². The summed E-state index contributed by atoms with van der Waals surface area (Å²) in [4.78, 5) is 13.5. The Hall–Kier alpha value is -1.54. The van der Waals surface area contributed by atoms with Crippen molar-refractivity contribution in [2.75, 3.05) is 11.1 Å². The van der Waals surface area contributed by atoms with Crippen molar-refractivity contribution in [3.63, 3.8) is 0 Å². The first-order valence-corrected chi connectivity index (χ1v) is 11.0.